The first-order chi connectivity index (χ1) is 41.0. The molecule has 0 aliphatic carbocycles. The van der Waals surface area contributed by atoms with Gasteiger partial charge in [0.1, 0.15) is 13.2 Å². The number of esters is 3. The number of carbonyl (C=O) groups excluding carboxylic acids is 3. The summed E-state index contributed by atoms with van der Waals surface area (Å²) in [7, 11) is 0. The molecule has 1 atom stereocenters. The van der Waals surface area contributed by atoms with Crippen molar-refractivity contribution >= 4 is 17.9 Å². The third kappa shape index (κ3) is 69.8. The van der Waals surface area contributed by atoms with Gasteiger partial charge in [0.15, 0.2) is 6.10 Å². The van der Waals surface area contributed by atoms with Crippen LogP contribution in [0.15, 0.2) is 60.8 Å². The van der Waals surface area contributed by atoms with Gasteiger partial charge in [-0.05, 0) is 83.5 Å². The fraction of sp³-hybridized carbons (Fsp3) is 0.831. The highest BCUT2D eigenvalue weighted by Crippen LogP contribution is 2.19. The summed E-state index contributed by atoms with van der Waals surface area (Å²) < 4.78 is 16.9. The molecule has 1 unspecified atom stereocenters. The van der Waals surface area contributed by atoms with E-state index in [0.717, 1.165) is 83.5 Å². The molecule has 0 saturated heterocycles. The Labute approximate surface area is 517 Å². The van der Waals surface area contributed by atoms with Crippen LogP contribution in [0.1, 0.15) is 393 Å². The molecule has 6 heteroatoms. The van der Waals surface area contributed by atoms with E-state index in [2.05, 4.69) is 81.5 Å². The number of ether oxygens (including phenoxy) is 3. The van der Waals surface area contributed by atoms with Crippen LogP contribution in [-0.2, 0) is 28.6 Å². The summed E-state index contributed by atoms with van der Waals surface area (Å²) in [5, 5.41) is 0. The number of hydrogen-bond donors (Lipinski definition) is 0. The number of unbranched alkanes of at least 4 members (excludes halogenated alkanes) is 47. The molecule has 0 radical (unpaired) electrons. The van der Waals surface area contributed by atoms with E-state index in [1.807, 2.05) is 0 Å². The first-order valence-electron chi connectivity index (χ1n) is 36.8. The van der Waals surface area contributed by atoms with Crippen LogP contribution >= 0.6 is 0 Å². The van der Waals surface area contributed by atoms with E-state index in [1.165, 1.54) is 270 Å². The first-order valence-corrected chi connectivity index (χ1v) is 36.8. The van der Waals surface area contributed by atoms with Crippen LogP contribution in [0.4, 0.5) is 0 Å². The van der Waals surface area contributed by atoms with Gasteiger partial charge in [0.25, 0.3) is 0 Å². The lowest BCUT2D eigenvalue weighted by Gasteiger charge is -2.18. The summed E-state index contributed by atoms with van der Waals surface area (Å²) in [6.45, 7) is 6.55. The highest BCUT2D eigenvalue weighted by molar-refractivity contribution is 5.71. The van der Waals surface area contributed by atoms with Crippen molar-refractivity contribution in [3.63, 3.8) is 0 Å². The van der Waals surface area contributed by atoms with E-state index in [1.54, 1.807) is 0 Å². The topological polar surface area (TPSA) is 78.9 Å². The Morgan fingerprint density at radius 3 is 0.771 bits per heavy atom. The maximum Gasteiger partial charge on any atom is 0.306 e. The number of carbonyl (C=O) groups is 3. The summed E-state index contributed by atoms with van der Waals surface area (Å²) in [6.07, 6.45) is 92.9. The van der Waals surface area contributed by atoms with Crippen LogP contribution < -0.4 is 0 Å². The van der Waals surface area contributed by atoms with E-state index in [-0.39, 0.29) is 31.1 Å². The van der Waals surface area contributed by atoms with Gasteiger partial charge in [-0.3, -0.25) is 14.4 Å². The lowest BCUT2D eigenvalue weighted by molar-refractivity contribution is -0.167. The molecule has 0 saturated carbocycles. The van der Waals surface area contributed by atoms with Crippen molar-refractivity contribution in [3.05, 3.63) is 60.8 Å². The Balaban J connectivity index is 4.16. The normalized spacial score (nSPS) is 12.4. The molecule has 0 fully saturated rings. The number of rotatable bonds is 68. The molecule has 0 bridgehead atoms. The smallest absolute Gasteiger partial charge is 0.306 e. The molecule has 0 N–H and O–H groups in total. The van der Waals surface area contributed by atoms with Gasteiger partial charge in [0.2, 0.25) is 0 Å². The molecule has 0 aliphatic heterocycles. The van der Waals surface area contributed by atoms with Crippen LogP contribution in [-0.4, -0.2) is 37.2 Å². The van der Waals surface area contributed by atoms with E-state index >= 15 is 0 Å². The Morgan fingerprint density at radius 2 is 0.470 bits per heavy atom. The van der Waals surface area contributed by atoms with E-state index < -0.39 is 6.10 Å². The fourth-order valence-corrected chi connectivity index (χ4v) is 11.0. The molecule has 484 valence electrons. The van der Waals surface area contributed by atoms with Crippen molar-refractivity contribution in [2.45, 2.75) is 399 Å². The minimum Gasteiger partial charge on any atom is -0.462 e. The predicted octanol–water partition coefficient (Wildman–Crippen LogP) is 25.5. The Kier molecular flexibility index (Phi) is 69.1. The zero-order valence-electron chi connectivity index (χ0n) is 55.7. The first kappa shape index (κ1) is 80.1. The molecule has 83 heavy (non-hydrogen) atoms. The quantitative estimate of drug-likeness (QED) is 0.0261. The second-order valence-electron chi connectivity index (χ2n) is 24.8. The molecule has 0 aromatic heterocycles. The van der Waals surface area contributed by atoms with Gasteiger partial charge in [-0.15, -0.1) is 0 Å². The van der Waals surface area contributed by atoms with Crippen LogP contribution in [0.25, 0.3) is 0 Å². The second-order valence-corrected chi connectivity index (χ2v) is 24.8. The van der Waals surface area contributed by atoms with E-state index in [9.17, 15) is 14.4 Å². The fourth-order valence-electron chi connectivity index (χ4n) is 11.0. The maximum absolute atomic E-state index is 12.9. The van der Waals surface area contributed by atoms with Gasteiger partial charge in [0.05, 0.1) is 0 Å². The summed E-state index contributed by atoms with van der Waals surface area (Å²) in [5.74, 6) is -0.911. The summed E-state index contributed by atoms with van der Waals surface area (Å²) in [5.41, 5.74) is 0. The molecule has 0 aliphatic rings. The van der Waals surface area contributed by atoms with Crippen LogP contribution in [0, 0.1) is 0 Å². The maximum atomic E-state index is 12.9. The average Bonchev–Trinajstić information content (AvgIpc) is 3.49. The zero-order valence-corrected chi connectivity index (χ0v) is 55.7. The highest BCUT2D eigenvalue weighted by Gasteiger charge is 2.19. The monoisotopic (exact) mass is 1160 g/mol. The third-order valence-electron chi connectivity index (χ3n) is 16.5. The third-order valence-corrected chi connectivity index (χ3v) is 16.5. The van der Waals surface area contributed by atoms with Crippen LogP contribution in [0.2, 0.25) is 0 Å². The summed E-state index contributed by atoms with van der Waals surface area (Å²) >= 11 is 0. The average molecular weight is 1160 g/mol. The molecular weight excluding hydrogens is 1020 g/mol. The largest absolute Gasteiger partial charge is 0.462 e. The van der Waals surface area contributed by atoms with Gasteiger partial charge in [-0.2, -0.15) is 0 Å². The van der Waals surface area contributed by atoms with Gasteiger partial charge < -0.3 is 14.2 Å². The SMILES string of the molecule is CC/C=C\C/C=C\C/C=C\C/C=C\CCCCC(=O)OCC(COC(=O)CCCCCCCCCCCCCCCCCCCCCCCCCCCCCCCCCCC)OC(=O)CCCCCCCCC/C=C\CCCCCCCC. The molecule has 0 rings (SSSR count). The van der Waals surface area contributed by atoms with Crippen molar-refractivity contribution in [3.8, 4) is 0 Å². The number of allylic oxidation sites excluding steroid dienone is 10. The second kappa shape index (κ2) is 71.6. The van der Waals surface area contributed by atoms with Crippen LogP contribution in [0.3, 0.4) is 0 Å². The van der Waals surface area contributed by atoms with Gasteiger partial charge in [-0.1, -0.05) is 351 Å². The minimum atomic E-state index is -0.794. The lowest BCUT2D eigenvalue weighted by atomic mass is 10.0. The predicted molar refractivity (Wildman–Crippen MR) is 362 cm³/mol. The van der Waals surface area contributed by atoms with Gasteiger partial charge >= 0.3 is 17.9 Å². The Bertz CT molecular complexity index is 1470. The van der Waals surface area contributed by atoms with E-state index in [4.69, 9.17) is 14.2 Å². The van der Waals surface area contributed by atoms with Crippen molar-refractivity contribution in [2.24, 2.45) is 0 Å². The molecule has 0 spiro atoms. The lowest BCUT2D eigenvalue weighted by Crippen LogP contribution is -2.30. The molecular formula is C77H140O6. The standard InChI is InChI=1S/C77H140O6/c1-4-7-10-13-16-19-22-25-28-30-31-32-33-34-35-36-37-38-39-40-41-42-43-44-45-47-49-52-55-58-61-64-67-70-76(79)82-73-74(72-81-75(78)69-66-63-60-57-54-51-48-27-24-21-18-15-12-9-6-3)83-77(80)71-68-65-62-59-56-53-50-46-29-26-23-20-17-14-11-8-5-2/h9,12,18,21,26-27,29,48,54,57,74H,4-8,10-11,13-17,19-20,22-25,28,30-47,49-53,55-56,58-73H2,1-3H3/b12-9-,21-18-,29-26-,48-27-,57-54-. The zero-order chi connectivity index (χ0) is 59.9. The molecule has 6 nitrogen and oxygen atoms in total. The number of hydrogen-bond acceptors (Lipinski definition) is 6. The molecule has 0 aromatic carbocycles. The Hall–Kier alpha value is -2.89. The minimum absolute atomic E-state index is 0.0857. The molecule has 0 amide bonds. The Morgan fingerprint density at radius 1 is 0.253 bits per heavy atom. The highest BCUT2D eigenvalue weighted by atomic mass is 16.6. The summed E-state index contributed by atoms with van der Waals surface area (Å²) in [6, 6.07) is 0. The van der Waals surface area contributed by atoms with Crippen molar-refractivity contribution in [2.75, 3.05) is 13.2 Å². The molecule has 0 heterocycles. The molecule has 0 aromatic rings. The van der Waals surface area contributed by atoms with Crippen molar-refractivity contribution < 1.29 is 28.6 Å². The van der Waals surface area contributed by atoms with E-state index in [0.29, 0.717) is 19.3 Å². The summed E-state index contributed by atoms with van der Waals surface area (Å²) in [4.78, 5) is 38.4. The van der Waals surface area contributed by atoms with Crippen LogP contribution in [0.5, 0.6) is 0 Å². The van der Waals surface area contributed by atoms with Gasteiger partial charge in [-0.25, -0.2) is 0 Å². The van der Waals surface area contributed by atoms with Gasteiger partial charge in [0, 0.05) is 19.3 Å². The van der Waals surface area contributed by atoms with Crippen molar-refractivity contribution in [1.29, 1.82) is 0 Å². The van der Waals surface area contributed by atoms with Crippen molar-refractivity contribution in [1.82, 2.24) is 0 Å².